The topological polar surface area (TPSA) is 142 Å². The van der Waals surface area contributed by atoms with Crippen molar-refractivity contribution in [2.75, 3.05) is 32.7 Å². The number of rotatable bonds is 4. The molecule has 2 aromatic heterocycles. The van der Waals surface area contributed by atoms with Gasteiger partial charge in [-0.25, -0.2) is 9.59 Å². The first-order valence-electron chi connectivity index (χ1n) is 11.2. The molecule has 0 bridgehead atoms. The first kappa shape index (κ1) is 23.4. The Hall–Kier alpha value is -3.73. The Bertz CT molecular complexity index is 1180. The quantitative estimate of drug-likeness (QED) is 0.547. The number of aryl methyl sites for hydroxylation is 1. The number of piperidine rings is 1. The molecule has 0 radical (unpaired) electrons. The summed E-state index contributed by atoms with van der Waals surface area (Å²) in [7, 11) is 0. The maximum Gasteiger partial charge on any atom is 0.414 e. The van der Waals surface area contributed by atoms with Crippen molar-refractivity contribution in [3.05, 3.63) is 47.4 Å². The molecule has 2 aliphatic heterocycles. The number of likely N-dealkylation sites (tertiary alicyclic amines) is 1. The molecular weight excluding hydrogens is 442 g/mol. The second kappa shape index (κ2) is 10.0. The van der Waals surface area contributed by atoms with Gasteiger partial charge in [-0.2, -0.15) is 5.10 Å². The molecule has 2 aliphatic rings. The molecule has 5 rings (SSSR count). The lowest BCUT2D eigenvalue weighted by molar-refractivity contribution is -0.159. The number of carbonyl (C=O) groups excluding carboxylic acids is 1. The second-order valence-corrected chi connectivity index (χ2v) is 8.48. The van der Waals surface area contributed by atoms with Gasteiger partial charge >= 0.3 is 11.9 Å². The summed E-state index contributed by atoms with van der Waals surface area (Å²) in [6.07, 6.45) is 2.16. The molecule has 1 amide bonds. The molecule has 11 nitrogen and oxygen atoms in total. The predicted octanol–water partition coefficient (Wildman–Crippen LogP) is 1.82. The molecule has 1 aromatic carbocycles. The van der Waals surface area contributed by atoms with Crippen LogP contribution >= 0.6 is 0 Å². The van der Waals surface area contributed by atoms with E-state index in [1.165, 1.54) is 0 Å². The zero-order valence-electron chi connectivity index (χ0n) is 18.9. The van der Waals surface area contributed by atoms with Gasteiger partial charge in [0.05, 0.1) is 17.9 Å². The number of hydrogen-bond acceptors (Lipinski definition) is 7. The minimum Gasteiger partial charge on any atom is -0.473 e. The predicted molar refractivity (Wildman–Crippen MR) is 121 cm³/mol. The van der Waals surface area contributed by atoms with Gasteiger partial charge in [0.1, 0.15) is 5.69 Å². The number of carboxylic acids is 2. The molecule has 3 aromatic rings. The number of carboxylic acid groups (broad SMARTS) is 2. The fourth-order valence-corrected chi connectivity index (χ4v) is 4.47. The average Bonchev–Trinajstić information content (AvgIpc) is 3.43. The highest BCUT2D eigenvalue weighted by molar-refractivity contribution is 6.27. The zero-order valence-corrected chi connectivity index (χ0v) is 18.9. The SMILES string of the molecule is Cc1cc2n(n1)CCN(CCN1CCC(c3noc4ccccc34)CC1)C2=O.O=C(O)C(=O)O. The molecule has 1 fully saturated rings. The Morgan fingerprint density at radius 1 is 1.06 bits per heavy atom. The summed E-state index contributed by atoms with van der Waals surface area (Å²) in [5.74, 6) is -3.09. The van der Waals surface area contributed by atoms with E-state index in [4.69, 9.17) is 24.3 Å². The van der Waals surface area contributed by atoms with E-state index < -0.39 is 11.9 Å². The molecular formula is C23H27N5O6. The highest BCUT2D eigenvalue weighted by Crippen LogP contribution is 2.32. The van der Waals surface area contributed by atoms with Gasteiger partial charge in [0.15, 0.2) is 5.58 Å². The smallest absolute Gasteiger partial charge is 0.414 e. The highest BCUT2D eigenvalue weighted by atomic mass is 16.5. The lowest BCUT2D eigenvalue weighted by Gasteiger charge is -2.34. The molecule has 4 heterocycles. The Morgan fingerprint density at radius 3 is 2.47 bits per heavy atom. The van der Waals surface area contributed by atoms with Crippen LogP contribution in [0.3, 0.4) is 0 Å². The Balaban J connectivity index is 0.000000408. The van der Waals surface area contributed by atoms with Crippen LogP contribution in [0.1, 0.15) is 40.6 Å². The van der Waals surface area contributed by atoms with Gasteiger partial charge in [0.2, 0.25) is 0 Å². The summed E-state index contributed by atoms with van der Waals surface area (Å²) < 4.78 is 7.32. The van der Waals surface area contributed by atoms with Crippen molar-refractivity contribution in [3.63, 3.8) is 0 Å². The normalized spacial score (nSPS) is 16.7. The van der Waals surface area contributed by atoms with Crippen molar-refractivity contribution in [1.82, 2.24) is 24.7 Å². The molecule has 11 heteroatoms. The minimum atomic E-state index is -1.82. The minimum absolute atomic E-state index is 0.107. The van der Waals surface area contributed by atoms with Crippen LogP contribution in [0.15, 0.2) is 34.9 Å². The third-order valence-electron chi connectivity index (χ3n) is 6.24. The summed E-state index contributed by atoms with van der Waals surface area (Å²) in [5, 5.41) is 24.7. The van der Waals surface area contributed by atoms with Gasteiger partial charge in [-0.1, -0.05) is 17.3 Å². The Morgan fingerprint density at radius 2 is 1.76 bits per heavy atom. The molecule has 0 atom stereocenters. The van der Waals surface area contributed by atoms with E-state index in [0.29, 0.717) is 5.92 Å². The summed E-state index contributed by atoms with van der Waals surface area (Å²) >= 11 is 0. The van der Waals surface area contributed by atoms with Crippen molar-refractivity contribution in [1.29, 1.82) is 0 Å². The van der Waals surface area contributed by atoms with E-state index in [9.17, 15) is 4.79 Å². The number of amides is 1. The van der Waals surface area contributed by atoms with Crippen LogP contribution in [0.4, 0.5) is 0 Å². The molecule has 0 spiro atoms. The standard InChI is InChI=1S/C21H25N5O2.C2H2O4/c1-15-14-18-21(27)25(12-13-26(18)22-15)11-10-24-8-6-16(7-9-24)20-17-4-2-3-5-19(17)28-23-20;3-1(4)2(5)6/h2-5,14,16H,6-13H2,1H3;(H,3,4)(H,5,6). The van der Waals surface area contributed by atoms with Gasteiger partial charge in [-0.15, -0.1) is 0 Å². The largest absolute Gasteiger partial charge is 0.473 e. The number of para-hydroxylation sites is 1. The number of fused-ring (bicyclic) bond motifs is 2. The van der Waals surface area contributed by atoms with Gasteiger partial charge < -0.3 is 24.5 Å². The Labute approximate surface area is 195 Å². The lowest BCUT2D eigenvalue weighted by Crippen LogP contribution is -2.45. The molecule has 0 saturated carbocycles. The summed E-state index contributed by atoms with van der Waals surface area (Å²) in [4.78, 5) is 35.3. The number of hydrogen-bond donors (Lipinski definition) is 2. The third-order valence-corrected chi connectivity index (χ3v) is 6.24. The molecule has 2 N–H and O–H groups in total. The molecule has 34 heavy (non-hydrogen) atoms. The zero-order chi connectivity index (χ0) is 24.2. The van der Waals surface area contributed by atoms with Gasteiger partial charge in [-0.05, 0) is 51.1 Å². The van der Waals surface area contributed by atoms with E-state index in [1.54, 1.807) is 0 Å². The van der Waals surface area contributed by atoms with Crippen LogP contribution in [-0.4, -0.2) is 85.5 Å². The monoisotopic (exact) mass is 469 g/mol. The fourth-order valence-electron chi connectivity index (χ4n) is 4.47. The Kier molecular flexibility index (Phi) is 6.92. The van der Waals surface area contributed by atoms with Gasteiger partial charge in [-0.3, -0.25) is 9.48 Å². The highest BCUT2D eigenvalue weighted by Gasteiger charge is 2.28. The lowest BCUT2D eigenvalue weighted by atomic mass is 9.91. The second-order valence-electron chi connectivity index (χ2n) is 8.48. The number of aromatic nitrogens is 3. The number of aliphatic carboxylic acids is 2. The summed E-state index contributed by atoms with van der Waals surface area (Å²) in [6, 6.07) is 9.99. The van der Waals surface area contributed by atoms with Crippen LogP contribution in [0.5, 0.6) is 0 Å². The van der Waals surface area contributed by atoms with Gasteiger partial charge in [0, 0.05) is 30.9 Å². The van der Waals surface area contributed by atoms with E-state index in [-0.39, 0.29) is 5.91 Å². The van der Waals surface area contributed by atoms with E-state index in [0.717, 1.165) is 80.2 Å². The van der Waals surface area contributed by atoms with E-state index in [1.807, 2.05) is 40.8 Å². The van der Waals surface area contributed by atoms with Crippen molar-refractivity contribution in [2.24, 2.45) is 0 Å². The molecule has 180 valence electrons. The van der Waals surface area contributed by atoms with Crippen LogP contribution in [0, 0.1) is 6.92 Å². The van der Waals surface area contributed by atoms with Crippen LogP contribution in [-0.2, 0) is 16.1 Å². The molecule has 1 saturated heterocycles. The average molecular weight is 469 g/mol. The van der Waals surface area contributed by atoms with Crippen molar-refractivity contribution in [3.8, 4) is 0 Å². The molecule has 0 aliphatic carbocycles. The van der Waals surface area contributed by atoms with Gasteiger partial charge in [0.25, 0.3) is 5.91 Å². The number of nitrogens with zero attached hydrogens (tertiary/aromatic N) is 5. The van der Waals surface area contributed by atoms with Crippen molar-refractivity contribution < 1.29 is 29.1 Å². The number of carbonyl (C=O) groups is 3. The van der Waals surface area contributed by atoms with Crippen LogP contribution in [0.2, 0.25) is 0 Å². The maximum atomic E-state index is 12.7. The fraction of sp³-hybridized carbons (Fsp3) is 0.435. The van der Waals surface area contributed by atoms with Crippen molar-refractivity contribution >= 4 is 28.8 Å². The maximum absolute atomic E-state index is 12.7. The van der Waals surface area contributed by atoms with Crippen LogP contribution < -0.4 is 0 Å². The molecule has 0 unspecified atom stereocenters. The first-order chi connectivity index (χ1) is 16.3. The van der Waals surface area contributed by atoms with Crippen LogP contribution in [0.25, 0.3) is 11.0 Å². The summed E-state index contributed by atoms with van der Waals surface area (Å²) in [6.45, 7) is 7.23. The first-order valence-corrected chi connectivity index (χ1v) is 11.2. The van der Waals surface area contributed by atoms with E-state index in [2.05, 4.69) is 21.2 Å². The van der Waals surface area contributed by atoms with Crippen molar-refractivity contribution in [2.45, 2.75) is 32.2 Å². The number of benzene rings is 1. The third kappa shape index (κ3) is 5.09. The summed E-state index contributed by atoms with van der Waals surface area (Å²) in [5.41, 5.74) is 3.61. The van der Waals surface area contributed by atoms with E-state index >= 15 is 0 Å².